The Kier molecular flexibility index (Phi) is 4.90. The van der Waals surface area contributed by atoms with Gasteiger partial charge in [-0.15, -0.1) is 0 Å². The number of carbonyl (C=O) groups excluding carboxylic acids is 1. The third kappa shape index (κ3) is 3.46. The monoisotopic (exact) mass is 343 g/mol. The van der Waals surface area contributed by atoms with Gasteiger partial charge in [0.25, 0.3) is 0 Å². The minimum atomic E-state index is -0.129. The van der Waals surface area contributed by atoms with E-state index in [1.165, 1.54) is 11.8 Å². The molecule has 0 aliphatic rings. The van der Waals surface area contributed by atoms with Crippen molar-refractivity contribution in [3.05, 3.63) is 48.8 Å². The summed E-state index contributed by atoms with van der Waals surface area (Å²) in [6, 6.07) is 11.1. The van der Waals surface area contributed by atoms with E-state index in [4.69, 9.17) is 9.47 Å². The molecule has 1 aromatic carbocycles. The summed E-state index contributed by atoms with van der Waals surface area (Å²) < 4.78 is 12.4. The van der Waals surface area contributed by atoms with Crippen molar-refractivity contribution in [3.63, 3.8) is 0 Å². The van der Waals surface area contributed by atoms with Crippen molar-refractivity contribution in [1.29, 1.82) is 0 Å². The van der Waals surface area contributed by atoms with Gasteiger partial charge < -0.3 is 14.8 Å². The molecule has 3 aromatic rings. The van der Waals surface area contributed by atoms with E-state index in [0.717, 1.165) is 10.7 Å². The maximum atomic E-state index is 12.2. The summed E-state index contributed by atoms with van der Waals surface area (Å²) in [5.74, 6) is 1.35. The molecule has 0 saturated heterocycles. The van der Waals surface area contributed by atoms with Crippen LogP contribution in [0.3, 0.4) is 0 Å². The number of fused-ring (bicyclic) bond motifs is 1. The van der Waals surface area contributed by atoms with Gasteiger partial charge in [-0.2, -0.15) is 0 Å². The minimum Gasteiger partial charge on any atom is -0.497 e. The smallest absolute Gasteiger partial charge is 0.234 e. The van der Waals surface area contributed by atoms with Crippen LogP contribution in [-0.2, 0) is 4.79 Å². The van der Waals surface area contributed by atoms with Gasteiger partial charge in [0.05, 0.1) is 37.4 Å². The molecule has 0 saturated carbocycles. The van der Waals surface area contributed by atoms with Gasteiger partial charge in [-0.25, -0.2) is 4.98 Å². The quantitative estimate of drug-likeness (QED) is 0.697. The Bertz CT molecular complexity index is 863. The van der Waals surface area contributed by atoms with Crippen LogP contribution >= 0.6 is 11.8 Å². The zero-order valence-electron chi connectivity index (χ0n) is 13.4. The van der Waals surface area contributed by atoms with E-state index >= 15 is 0 Å². The lowest BCUT2D eigenvalue weighted by molar-refractivity contribution is -0.113. The van der Waals surface area contributed by atoms with Crippen LogP contribution < -0.4 is 14.8 Å². The van der Waals surface area contributed by atoms with Gasteiger partial charge in [-0.3, -0.25) is 9.20 Å². The summed E-state index contributed by atoms with van der Waals surface area (Å²) in [5.41, 5.74) is 1.61. The van der Waals surface area contributed by atoms with E-state index in [9.17, 15) is 4.79 Å². The first-order valence-corrected chi connectivity index (χ1v) is 8.26. The number of amides is 1. The van der Waals surface area contributed by atoms with E-state index in [1.54, 1.807) is 38.6 Å². The second kappa shape index (κ2) is 7.27. The van der Waals surface area contributed by atoms with Crippen molar-refractivity contribution < 1.29 is 14.3 Å². The second-order valence-electron chi connectivity index (χ2n) is 4.94. The Morgan fingerprint density at radius 3 is 2.92 bits per heavy atom. The number of aromatic nitrogens is 2. The number of hydrogen-bond donors (Lipinski definition) is 1. The van der Waals surface area contributed by atoms with Crippen LogP contribution in [0.4, 0.5) is 5.69 Å². The number of rotatable bonds is 6. The number of nitrogens with one attached hydrogen (secondary N) is 1. The summed E-state index contributed by atoms with van der Waals surface area (Å²) >= 11 is 1.38. The predicted octanol–water partition coefficient (Wildman–Crippen LogP) is 3.08. The topological polar surface area (TPSA) is 64.9 Å². The van der Waals surface area contributed by atoms with E-state index in [1.807, 2.05) is 28.8 Å². The summed E-state index contributed by atoms with van der Waals surface area (Å²) in [7, 11) is 3.13. The number of ether oxygens (including phenoxy) is 2. The van der Waals surface area contributed by atoms with Crippen LogP contribution in [0.2, 0.25) is 0 Å². The largest absolute Gasteiger partial charge is 0.497 e. The maximum absolute atomic E-state index is 12.2. The summed E-state index contributed by atoms with van der Waals surface area (Å²) in [6.07, 6.45) is 3.71. The van der Waals surface area contributed by atoms with E-state index in [2.05, 4.69) is 10.3 Å². The average molecular weight is 343 g/mol. The van der Waals surface area contributed by atoms with E-state index in [-0.39, 0.29) is 11.7 Å². The Hall–Kier alpha value is -2.67. The second-order valence-corrected chi connectivity index (χ2v) is 5.88. The molecule has 1 amide bonds. The molecule has 6 nitrogen and oxygen atoms in total. The fourth-order valence-electron chi connectivity index (χ4n) is 2.24. The molecule has 24 heavy (non-hydrogen) atoms. The van der Waals surface area contributed by atoms with Crippen molar-refractivity contribution in [3.8, 4) is 11.5 Å². The first-order valence-electron chi connectivity index (χ1n) is 7.28. The maximum Gasteiger partial charge on any atom is 0.234 e. The molecule has 0 bridgehead atoms. The lowest BCUT2D eigenvalue weighted by Crippen LogP contribution is -2.15. The summed E-state index contributed by atoms with van der Waals surface area (Å²) in [6.45, 7) is 0. The molecule has 0 spiro atoms. The zero-order valence-corrected chi connectivity index (χ0v) is 14.2. The van der Waals surface area contributed by atoms with Gasteiger partial charge in [0, 0.05) is 12.3 Å². The number of hydrogen-bond acceptors (Lipinski definition) is 5. The highest BCUT2D eigenvalue weighted by molar-refractivity contribution is 7.99. The number of nitrogens with zero attached hydrogens (tertiary/aromatic N) is 2. The molecule has 7 heteroatoms. The molecule has 1 N–H and O–H groups in total. The van der Waals surface area contributed by atoms with Crippen molar-refractivity contribution in [2.75, 3.05) is 25.3 Å². The molecule has 0 radical (unpaired) electrons. The number of anilines is 1. The number of imidazole rings is 1. The Morgan fingerprint density at radius 2 is 2.12 bits per heavy atom. The van der Waals surface area contributed by atoms with Crippen molar-refractivity contribution >= 4 is 28.9 Å². The highest BCUT2D eigenvalue weighted by Crippen LogP contribution is 2.29. The fourth-order valence-corrected chi connectivity index (χ4v) is 3.01. The first-order chi connectivity index (χ1) is 11.7. The molecule has 124 valence electrons. The predicted molar refractivity (Wildman–Crippen MR) is 94.1 cm³/mol. The highest BCUT2D eigenvalue weighted by atomic mass is 32.2. The SMILES string of the molecule is COc1ccc(NC(=O)CSc2ncc3ccccn23)c(OC)c1. The molecule has 0 aliphatic carbocycles. The van der Waals surface area contributed by atoms with Crippen LogP contribution in [0.25, 0.3) is 5.52 Å². The van der Waals surface area contributed by atoms with E-state index in [0.29, 0.717) is 17.2 Å². The van der Waals surface area contributed by atoms with Gasteiger partial charge in [-0.05, 0) is 24.3 Å². The van der Waals surface area contributed by atoms with Crippen LogP contribution in [0.15, 0.2) is 53.9 Å². The lowest BCUT2D eigenvalue weighted by atomic mass is 10.2. The summed E-state index contributed by atoms with van der Waals surface area (Å²) in [5, 5.41) is 3.63. The third-order valence-electron chi connectivity index (χ3n) is 3.42. The number of benzene rings is 1. The molecule has 2 heterocycles. The molecular formula is C17H17N3O3S. The molecule has 0 unspecified atom stereocenters. The zero-order chi connectivity index (χ0) is 16.9. The van der Waals surface area contributed by atoms with Gasteiger partial charge in [0.15, 0.2) is 5.16 Å². The Labute approximate surface area is 143 Å². The third-order valence-corrected chi connectivity index (χ3v) is 4.39. The van der Waals surface area contributed by atoms with Crippen molar-refractivity contribution in [2.45, 2.75) is 5.16 Å². The lowest BCUT2D eigenvalue weighted by Gasteiger charge is -2.11. The van der Waals surface area contributed by atoms with E-state index < -0.39 is 0 Å². The van der Waals surface area contributed by atoms with Crippen molar-refractivity contribution in [2.24, 2.45) is 0 Å². The molecular weight excluding hydrogens is 326 g/mol. The van der Waals surface area contributed by atoms with Crippen LogP contribution in [0.1, 0.15) is 0 Å². The van der Waals surface area contributed by atoms with Gasteiger partial charge in [-0.1, -0.05) is 17.8 Å². The van der Waals surface area contributed by atoms with Crippen molar-refractivity contribution in [1.82, 2.24) is 9.38 Å². The first kappa shape index (κ1) is 16.2. The minimum absolute atomic E-state index is 0.129. The standard InChI is InChI=1S/C17H17N3O3S/c1-22-13-6-7-14(15(9-13)23-2)19-16(21)11-24-17-18-10-12-5-3-4-8-20(12)17/h3-10H,11H2,1-2H3,(H,19,21). The Balaban J connectivity index is 1.66. The molecule has 3 rings (SSSR count). The van der Waals surface area contributed by atoms with Gasteiger partial charge in [0.1, 0.15) is 11.5 Å². The Morgan fingerprint density at radius 1 is 1.25 bits per heavy atom. The van der Waals surface area contributed by atoms with Crippen LogP contribution in [-0.4, -0.2) is 35.3 Å². The highest BCUT2D eigenvalue weighted by Gasteiger charge is 2.11. The molecule has 0 atom stereocenters. The summed E-state index contributed by atoms with van der Waals surface area (Å²) in [4.78, 5) is 16.5. The number of pyridine rings is 1. The molecule has 0 aliphatic heterocycles. The fraction of sp³-hybridized carbons (Fsp3) is 0.176. The van der Waals surface area contributed by atoms with Crippen LogP contribution in [0.5, 0.6) is 11.5 Å². The van der Waals surface area contributed by atoms with Gasteiger partial charge in [0.2, 0.25) is 5.91 Å². The number of thioether (sulfide) groups is 1. The number of methoxy groups -OCH3 is 2. The average Bonchev–Trinajstić information content (AvgIpc) is 3.03. The van der Waals surface area contributed by atoms with Gasteiger partial charge >= 0.3 is 0 Å². The normalized spacial score (nSPS) is 10.6. The molecule has 2 aromatic heterocycles. The molecule has 0 fully saturated rings. The number of carbonyl (C=O) groups is 1. The van der Waals surface area contributed by atoms with Crippen LogP contribution in [0, 0.1) is 0 Å².